The highest BCUT2D eigenvalue weighted by Gasteiger charge is 2.33. The molecule has 3 aromatic rings. The Bertz CT molecular complexity index is 990. The first-order chi connectivity index (χ1) is 13.0. The molecular weight excluding hydrogens is 362 g/mol. The maximum atomic E-state index is 13.0. The lowest BCUT2D eigenvalue weighted by atomic mass is 10.1. The Hall–Kier alpha value is -2.61. The zero-order valence-corrected chi connectivity index (χ0v) is 16.6. The Kier molecular flexibility index (Phi) is 4.51. The van der Waals surface area contributed by atoms with Crippen LogP contribution in [-0.4, -0.2) is 37.5 Å². The summed E-state index contributed by atoms with van der Waals surface area (Å²) in [6.07, 6.45) is 1.85. The van der Waals surface area contributed by atoms with E-state index < -0.39 is 0 Å². The van der Waals surface area contributed by atoms with Crippen LogP contribution in [0.4, 0.5) is 0 Å². The van der Waals surface area contributed by atoms with Gasteiger partial charge in [-0.05, 0) is 46.6 Å². The van der Waals surface area contributed by atoms with E-state index >= 15 is 0 Å². The summed E-state index contributed by atoms with van der Waals surface area (Å²) in [4.78, 5) is 29.1. The molecule has 8 heteroatoms. The third-order valence-electron chi connectivity index (χ3n) is 4.94. The first kappa shape index (κ1) is 17.8. The Labute approximate surface area is 161 Å². The topological polar surface area (TPSA) is 85.0 Å². The van der Waals surface area contributed by atoms with Crippen molar-refractivity contribution in [2.75, 3.05) is 6.54 Å². The fraction of sp³-hybridized carbons (Fsp3) is 0.421. The SMILES string of the molecule is Cc1nc(-c2c(C)noc2C)cc([C@@H]2CCCN2C(=O)c2scnc2C)n1. The highest BCUT2D eigenvalue weighted by molar-refractivity contribution is 7.11. The Morgan fingerprint density at radius 1 is 1.22 bits per heavy atom. The van der Waals surface area contributed by atoms with Crippen LogP contribution < -0.4 is 0 Å². The van der Waals surface area contributed by atoms with Gasteiger partial charge in [0.1, 0.15) is 16.5 Å². The normalized spacial score (nSPS) is 16.9. The van der Waals surface area contributed by atoms with Gasteiger partial charge in [0.25, 0.3) is 5.91 Å². The Balaban J connectivity index is 1.72. The largest absolute Gasteiger partial charge is 0.361 e. The van der Waals surface area contributed by atoms with E-state index in [1.165, 1.54) is 11.3 Å². The fourth-order valence-corrected chi connectivity index (χ4v) is 4.45. The number of aryl methyl sites for hydroxylation is 4. The maximum Gasteiger partial charge on any atom is 0.266 e. The number of likely N-dealkylation sites (tertiary alicyclic amines) is 1. The summed E-state index contributed by atoms with van der Waals surface area (Å²) >= 11 is 1.39. The summed E-state index contributed by atoms with van der Waals surface area (Å²) in [5.74, 6) is 1.44. The lowest BCUT2D eigenvalue weighted by molar-refractivity contribution is 0.0736. The fourth-order valence-electron chi connectivity index (χ4n) is 3.69. The van der Waals surface area contributed by atoms with E-state index in [1.807, 2.05) is 38.7 Å². The molecule has 1 fully saturated rings. The number of rotatable bonds is 3. The van der Waals surface area contributed by atoms with Crippen LogP contribution in [0.3, 0.4) is 0 Å². The summed E-state index contributed by atoms with van der Waals surface area (Å²) in [6, 6.07) is 1.91. The second-order valence-electron chi connectivity index (χ2n) is 6.85. The van der Waals surface area contributed by atoms with Crippen LogP contribution >= 0.6 is 11.3 Å². The van der Waals surface area contributed by atoms with E-state index in [9.17, 15) is 4.79 Å². The molecule has 0 bridgehead atoms. The van der Waals surface area contributed by atoms with Crippen molar-refractivity contribution in [3.8, 4) is 11.3 Å². The quantitative estimate of drug-likeness (QED) is 0.684. The smallest absolute Gasteiger partial charge is 0.266 e. The van der Waals surface area contributed by atoms with Gasteiger partial charge in [0.15, 0.2) is 0 Å². The van der Waals surface area contributed by atoms with Gasteiger partial charge in [-0.2, -0.15) is 0 Å². The Morgan fingerprint density at radius 2 is 2.04 bits per heavy atom. The zero-order valence-electron chi connectivity index (χ0n) is 15.8. The van der Waals surface area contributed by atoms with E-state index in [4.69, 9.17) is 4.52 Å². The molecule has 1 aliphatic heterocycles. The average Bonchev–Trinajstić information content (AvgIpc) is 3.34. The third-order valence-corrected chi connectivity index (χ3v) is 5.86. The minimum Gasteiger partial charge on any atom is -0.361 e. The summed E-state index contributed by atoms with van der Waals surface area (Å²) in [5, 5.41) is 4.03. The van der Waals surface area contributed by atoms with Crippen molar-refractivity contribution in [1.29, 1.82) is 0 Å². The molecule has 7 nitrogen and oxygen atoms in total. The number of carbonyl (C=O) groups excluding carboxylic acids is 1. The van der Waals surface area contributed by atoms with Crippen molar-refractivity contribution in [2.24, 2.45) is 0 Å². The second kappa shape index (κ2) is 6.84. The van der Waals surface area contributed by atoms with Crippen LogP contribution in [0.15, 0.2) is 16.1 Å². The molecule has 0 radical (unpaired) electrons. The Morgan fingerprint density at radius 3 is 2.70 bits per heavy atom. The van der Waals surface area contributed by atoms with E-state index in [2.05, 4.69) is 20.1 Å². The van der Waals surface area contributed by atoms with Crippen LogP contribution in [0.5, 0.6) is 0 Å². The molecule has 27 heavy (non-hydrogen) atoms. The number of carbonyl (C=O) groups is 1. The number of nitrogens with zero attached hydrogens (tertiary/aromatic N) is 5. The molecule has 1 amide bonds. The van der Waals surface area contributed by atoms with Gasteiger partial charge in [0.2, 0.25) is 0 Å². The minimum absolute atomic E-state index is 0.0349. The van der Waals surface area contributed by atoms with Gasteiger partial charge in [-0.25, -0.2) is 15.0 Å². The minimum atomic E-state index is -0.0556. The lowest BCUT2D eigenvalue weighted by Gasteiger charge is -2.24. The summed E-state index contributed by atoms with van der Waals surface area (Å²) in [6.45, 7) is 8.26. The monoisotopic (exact) mass is 383 g/mol. The van der Waals surface area contributed by atoms with Crippen molar-refractivity contribution in [3.63, 3.8) is 0 Å². The first-order valence-corrected chi connectivity index (χ1v) is 9.83. The van der Waals surface area contributed by atoms with E-state index in [-0.39, 0.29) is 11.9 Å². The summed E-state index contributed by atoms with van der Waals surface area (Å²) in [7, 11) is 0. The number of hydrogen-bond acceptors (Lipinski definition) is 7. The molecule has 0 saturated carbocycles. The van der Waals surface area contributed by atoms with Crippen molar-refractivity contribution >= 4 is 17.2 Å². The number of amides is 1. The lowest BCUT2D eigenvalue weighted by Crippen LogP contribution is -2.31. The van der Waals surface area contributed by atoms with Crippen molar-refractivity contribution < 1.29 is 9.32 Å². The molecule has 0 spiro atoms. The van der Waals surface area contributed by atoms with Gasteiger partial charge in [-0.1, -0.05) is 5.16 Å². The van der Waals surface area contributed by atoms with Crippen molar-refractivity contribution in [2.45, 2.75) is 46.6 Å². The number of aromatic nitrogens is 4. The van der Waals surface area contributed by atoms with Crippen molar-refractivity contribution in [3.05, 3.63) is 45.1 Å². The predicted octanol–water partition coefficient (Wildman–Crippen LogP) is 3.80. The van der Waals surface area contributed by atoms with E-state index in [0.717, 1.165) is 53.5 Å². The predicted molar refractivity (Wildman–Crippen MR) is 102 cm³/mol. The molecule has 0 N–H and O–H groups in total. The highest BCUT2D eigenvalue weighted by Crippen LogP contribution is 2.35. The van der Waals surface area contributed by atoms with Crippen LogP contribution in [0, 0.1) is 27.7 Å². The molecule has 4 rings (SSSR count). The van der Waals surface area contributed by atoms with E-state index in [1.54, 1.807) is 5.51 Å². The summed E-state index contributed by atoms with van der Waals surface area (Å²) in [5.41, 5.74) is 5.86. The van der Waals surface area contributed by atoms with Crippen LogP contribution in [-0.2, 0) is 0 Å². The van der Waals surface area contributed by atoms with Gasteiger partial charge < -0.3 is 9.42 Å². The third kappa shape index (κ3) is 3.14. The molecule has 0 aliphatic carbocycles. The summed E-state index contributed by atoms with van der Waals surface area (Å²) < 4.78 is 5.30. The maximum absolute atomic E-state index is 13.0. The molecule has 4 heterocycles. The zero-order chi connectivity index (χ0) is 19.1. The van der Waals surface area contributed by atoms with Gasteiger partial charge >= 0.3 is 0 Å². The van der Waals surface area contributed by atoms with Crippen molar-refractivity contribution in [1.82, 2.24) is 25.0 Å². The van der Waals surface area contributed by atoms with Crippen LogP contribution in [0.1, 0.15) is 57.2 Å². The molecule has 1 saturated heterocycles. The molecule has 1 aliphatic rings. The first-order valence-electron chi connectivity index (χ1n) is 8.95. The van der Waals surface area contributed by atoms with Gasteiger partial charge in [0, 0.05) is 6.54 Å². The number of thiazole rings is 1. The van der Waals surface area contributed by atoms with Crippen LogP contribution in [0.2, 0.25) is 0 Å². The average molecular weight is 383 g/mol. The molecule has 3 aromatic heterocycles. The van der Waals surface area contributed by atoms with E-state index in [0.29, 0.717) is 10.7 Å². The molecule has 140 valence electrons. The van der Waals surface area contributed by atoms with Crippen LogP contribution in [0.25, 0.3) is 11.3 Å². The van der Waals surface area contributed by atoms with Gasteiger partial charge in [0.05, 0.1) is 39.9 Å². The molecular formula is C19H21N5O2S. The molecule has 0 aromatic carbocycles. The second-order valence-corrected chi connectivity index (χ2v) is 7.70. The number of hydrogen-bond donors (Lipinski definition) is 0. The van der Waals surface area contributed by atoms with Gasteiger partial charge in [-0.3, -0.25) is 4.79 Å². The molecule has 1 atom stereocenters. The molecule has 0 unspecified atom stereocenters. The standard InChI is InChI=1S/C19H21N5O2S/c1-10-17(12(3)26-23-10)15-8-14(21-13(4)22-15)16-6-5-7-24(16)19(25)18-11(2)20-9-27-18/h8-9,16H,5-7H2,1-4H3/t16-/m0/s1. The van der Waals surface area contributed by atoms with Gasteiger partial charge in [-0.15, -0.1) is 11.3 Å². The highest BCUT2D eigenvalue weighted by atomic mass is 32.1.